The summed E-state index contributed by atoms with van der Waals surface area (Å²) in [5, 5.41) is 0. The molecule has 3 N–H and O–H groups in total. The van der Waals surface area contributed by atoms with Gasteiger partial charge >= 0.3 is 5.69 Å². The number of hydrogen-bond donors (Lipinski definition) is 2. The van der Waals surface area contributed by atoms with Gasteiger partial charge in [0.2, 0.25) is 0 Å². The van der Waals surface area contributed by atoms with Gasteiger partial charge in [-0.15, -0.1) is 0 Å². The van der Waals surface area contributed by atoms with Gasteiger partial charge in [0.25, 0.3) is 5.56 Å². The number of hydrogen-bond acceptors (Lipinski definition) is 5. The van der Waals surface area contributed by atoms with E-state index in [1.807, 2.05) is 77.7 Å². The Morgan fingerprint density at radius 1 is 0.839 bits per heavy atom. The van der Waals surface area contributed by atoms with Crippen LogP contribution in [0.25, 0.3) is 0 Å². The lowest BCUT2D eigenvalue weighted by atomic mass is 10.1. The van der Waals surface area contributed by atoms with E-state index in [9.17, 15) is 9.59 Å². The van der Waals surface area contributed by atoms with Crippen LogP contribution < -0.4 is 21.9 Å². The third kappa shape index (κ3) is 4.72. The topological polar surface area (TPSA) is 97.0 Å². The monoisotopic (exact) mass is 413 g/mol. The van der Waals surface area contributed by atoms with Crippen LogP contribution in [0.3, 0.4) is 0 Å². The molecule has 0 aliphatic rings. The molecule has 31 heavy (non-hydrogen) atoms. The van der Waals surface area contributed by atoms with Gasteiger partial charge in [-0.25, -0.2) is 4.79 Å². The molecule has 0 unspecified atom stereocenters. The van der Waals surface area contributed by atoms with E-state index in [0.29, 0.717) is 13.1 Å². The second kappa shape index (κ2) is 9.13. The molecule has 0 aliphatic carbocycles. The maximum absolute atomic E-state index is 12.9. The van der Waals surface area contributed by atoms with Crippen molar-refractivity contribution in [3.63, 3.8) is 0 Å². The summed E-state index contributed by atoms with van der Waals surface area (Å²) in [6.07, 6.45) is 3.45. The fourth-order valence-corrected chi connectivity index (χ4v) is 3.54. The number of aromatic amines is 1. The van der Waals surface area contributed by atoms with Crippen LogP contribution in [0, 0.1) is 0 Å². The lowest BCUT2D eigenvalue weighted by Crippen LogP contribution is -2.38. The van der Waals surface area contributed by atoms with Crippen molar-refractivity contribution >= 4 is 11.5 Å². The molecule has 0 bridgehead atoms. The highest BCUT2D eigenvalue weighted by atomic mass is 16.2. The second-order valence-corrected chi connectivity index (χ2v) is 7.27. The molecule has 7 nitrogen and oxygen atoms in total. The molecular weight excluding hydrogens is 390 g/mol. The molecular formula is C24H23N5O2. The summed E-state index contributed by atoms with van der Waals surface area (Å²) in [7, 11) is 0. The number of H-pyrrole nitrogens is 1. The summed E-state index contributed by atoms with van der Waals surface area (Å²) in [6.45, 7) is 1.13. The van der Waals surface area contributed by atoms with E-state index >= 15 is 0 Å². The molecule has 2 heterocycles. The van der Waals surface area contributed by atoms with Gasteiger partial charge < -0.3 is 10.6 Å². The van der Waals surface area contributed by atoms with E-state index in [-0.39, 0.29) is 18.1 Å². The SMILES string of the molecule is Nc1c(N(Cc2ccccc2)Cc2cccnc2)c(=O)[nH]c(=O)n1Cc1ccccc1. The maximum atomic E-state index is 12.9. The zero-order valence-corrected chi connectivity index (χ0v) is 16.9. The van der Waals surface area contributed by atoms with Crippen molar-refractivity contribution in [1.82, 2.24) is 14.5 Å². The van der Waals surface area contributed by atoms with E-state index in [1.54, 1.807) is 12.4 Å². The first kappa shape index (κ1) is 20.2. The average molecular weight is 413 g/mol. The molecule has 2 aromatic carbocycles. The van der Waals surface area contributed by atoms with E-state index in [4.69, 9.17) is 5.73 Å². The number of nitrogen functional groups attached to an aromatic ring is 1. The molecule has 156 valence electrons. The van der Waals surface area contributed by atoms with Crippen LogP contribution in [0.15, 0.2) is 94.8 Å². The van der Waals surface area contributed by atoms with Crippen molar-refractivity contribution in [2.45, 2.75) is 19.6 Å². The molecule has 0 spiro atoms. The van der Waals surface area contributed by atoms with Crippen molar-refractivity contribution in [2.24, 2.45) is 0 Å². The molecule has 7 heteroatoms. The number of rotatable bonds is 7. The lowest BCUT2D eigenvalue weighted by Gasteiger charge is -2.26. The predicted octanol–water partition coefficient (Wildman–Crippen LogP) is 2.77. The zero-order valence-electron chi connectivity index (χ0n) is 16.9. The number of benzene rings is 2. The Bertz CT molecular complexity index is 1210. The molecule has 0 saturated heterocycles. The molecule has 0 fully saturated rings. The van der Waals surface area contributed by atoms with Crippen LogP contribution >= 0.6 is 0 Å². The van der Waals surface area contributed by atoms with E-state index in [0.717, 1.165) is 16.7 Å². The molecule has 0 radical (unpaired) electrons. The first-order chi connectivity index (χ1) is 15.1. The molecule has 0 saturated carbocycles. The first-order valence-electron chi connectivity index (χ1n) is 9.96. The van der Waals surface area contributed by atoms with Crippen LogP contribution in [-0.4, -0.2) is 14.5 Å². The molecule has 4 aromatic rings. The summed E-state index contributed by atoms with van der Waals surface area (Å²) < 4.78 is 1.40. The Hall–Kier alpha value is -4.13. The van der Waals surface area contributed by atoms with Crippen molar-refractivity contribution in [3.8, 4) is 0 Å². The largest absolute Gasteiger partial charge is 0.383 e. The smallest absolute Gasteiger partial charge is 0.330 e. The first-order valence-corrected chi connectivity index (χ1v) is 9.96. The predicted molar refractivity (Wildman–Crippen MR) is 122 cm³/mol. The Kier molecular flexibility index (Phi) is 5.93. The van der Waals surface area contributed by atoms with Crippen molar-refractivity contribution in [1.29, 1.82) is 0 Å². The summed E-state index contributed by atoms with van der Waals surface area (Å²) >= 11 is 0. The normalized spacial score (nSPS) is 10.7. The minimum Gasteiger partial charge on any atom is -0.383 e. The third-order valence-electron chi connectivity index (χ3n) is 5.03. The number of nitrogens with two attached hydrogens (primary N) is 1. The van der Waals surface area contributed by atoms with Gasteiger partial charge in [0.15, 0.2) is 0 Å². The second-order valence-electron chi connectivity index (χ2n) is 7.27. The van der Waals surface area contributed by atoms with Gasteiger partial charge in [-0.2, -0.15) is 0 Å². The quantitative estimate of drug-likeness (QED) is 0.486. The average Bonchev–Trinajstić information content (AvgIpc) is 2.78. The standard InChI is InChI=1S/C24H23N5O2/c25-22-21(23(30)27-24(31)29(22)17-19-10-5-2-6-11-19)28(15-18-8-3-1-4-9-18)16-20-12-7-13-26-14-20/h1-14H,15-17,25H2,(H,27,30,31). The van der Waals surface area contributed by atoms with Crippen molar-refractivity contribution in [2.75, 3.05) is 10.6 Å². The summed E-state index contributed by atoms with van der Waals surface area (Å²) in [6, 6.07) is 23.1. The minimum atomic E-state index is -0.531. The summed E-state index contributed by atoms with van der Waals surface area (Å²) in [5.41, 5.74) is 8.52. The Labute approximate surface area is 179 Å². The van der Waals surface area contributed by atoms with E-state index in [1.165, 1.54) is 4.57 Å². The van der Waals surface area contributed by atoms with Crippen LogP contribution in [-0.2, 0) is 19.6 Å². The highest BCUT2D eigenvalue weighted by Crippen LogP contribution is 2.22. The van der Waals surface area contributed by atoms with Crippen LogP contribution in [0.5, 0.6) is 0 Å². The summed E-state index contributed by atoms with van der Waals surface area (Å²) in [4.78, 5) is 33.9. The van der Waals surface area contributed by atoms with Gasteiger partial charge in [0, 0.05) is 25.5 Å². The lowest BCUT2D eigenvalue weighted by molar-refractivity contribution is 0.712. The van der Waals surface area contributed by atoms with Crippen molar-refractivity contribution in [3.05, 3.63) is 123 Å². The molecule has 0 amide bonds. The van der Waals surface area contributed by atoms with Gasteiger partial charge in [0.1, 0.15) is 11.5 Å². The van der Waals surface area contributed by atoms with Gasteiger partial charge in [-0.1, -0.05) is 66.7 Å². The fraction of sp³-hybridized carbons (Fsp3) is 0.125. The molecule has 2 aromatic heterocycles. The Morgan fingerprint density at radius 2 is 1.45 bits per heavy atom. The van der Waals surface area contributed by atoms with Gasteiger partial charge in [-0.05, 0) is 22.8 Å². The number of nitrogens with one attached hydrogen (secondary N) is 1. The zero-order chi connectivity index (χ0) is 21.6. The highest BCUT2D eigenvalue weighted by molar-refractivity contribution is 5.63. The highest BCUT2D eigenvalue weighted by Gasteiger charge is 2.20. The number of pyridine rings is 1. The molecule has 0 atom stereocenters. The number of nitrogens with zero attached hydrogens (tertiary/aromatic N) is 3. The summed E-state index contributed by atoms with van der Waals surface area (Å²) in [5.74, 6) is 0.137. The Balaban J connectivity index is 1.78. The van der Waals surface area contributed by atoms with Crippen molar-refractivity contribution < 1.29 is 0 Å². The maximum Gasteiger partial charge on any atom is 0.330 e. The van der Waals surface area contributed by atoms with Gasteiger partial charge in [-0.3, -0.25) is 19.3 Å². The Morgan fingerprint density at radius 3 is 2.10 bits per heavy atom. The third-order valence-corrected chi connectivity index (χ3v) is 5.03. The van der Waals surface area contributed by atoms with Crippen LogP contribution in [0.2, 0.25) is 0 Å². The number of anilines is 2. The van der Waals surface area contributed by atoms with Crippen LogP contribution in [0.4, 0.5) is 11.5 Å². The minimum absolute atomic E-state index is 0.137. The number of aromatic nitrogens is 3. The molecule has 4 rings (SSSR count). The van der Waals surface area contributed by atoms with Gasteiger partial charge in [0.05, 0.1) is 6.54 Å². The fourth-order valence-electron chi connectivity index (χ4n) is 3.54. The van der Waals surface area contributed by atoms with Crippen LogP contribution in [0.1, 0.15) is 16.7 Å². The molecule has 0 aliphatic heterocycles. The van der Waals surface area contributed by atoms with E-state index in [2.05, 4.69) is 9.97 Å². The van der Waals surface area contributed by atoms with E-state index < -0.39 is 11.2 Å².